The molecule has 2 heterocycles. The molecule has 0 radical (unpaired) electrons. The predicted octanol–water partition coefficient (Wildman–Crippen LogP) is 2.47. The van der Waals surface area contributed by atoms with E-state index in [4.69, 9.17) is 21.9 Å². The molecule has 106 valence electrons. The molecule has 3 rings (SSSR count). The fraction of sp³-hybridized carbons (Fsp3) is 0. The van der Waals surface area contributed by atoms with E-state index in [1.807, 2.05) is 0 Å². The van der Waals surface area contributed by atoms with Crippen LogP contribution >= 0.6 is 11.6 Å². The number of H-pyrrole nitrogens is 1. The largest absolute Gasteiger partial charge is 0.380 e. The van der Waals surface area contributed by atoms with Gasteiger partial charge in [0.1, 0.15) is 11.5 Å². The van der Waals surface area contributed by atoms with Crippen molar-refractivity contribution in [2.75, 3.05) is 5.73 Å². The van der Waals surface area contributed by atoms with E-state index in [9.17, 15) is 9.18 Å². The second-order valence-corrected chi connectivity index (χ2v) is 4.59. The van der Waals surface area contributed by atoms with Gasteiger partial charge in [-0.2, -0.15) is 5.10 Å². The molecule has 0 aliphatic carbocycles. The van der Waals surface area contributed by atoms with E-state index in [0.29, 0.717) is 0 Å². The van der Waals surface area contributed by atoms with Gasteiger partial charge in [-0.3, -0.25) is 4.79 Å². The molecule has 1 aromatic carbocycles. The first-order valence-corrected chi connectivity index (χ1v) is 6.21. The van der Waals surface area contributed by atoms with Crippen molar-refractivity contribution in [3.63, 3.8) is 0 Å². The Hall–Kier alpha value is -2.67. The van der Waals surface area contributed by atoms with Crippen LogP contribution in [0.4, 0.5) is 10.2 Å². The van der Waals surface area contributed by atoms with Gasteiger partial charge in [-0.05, 0) is 12.1 Å². The van der Waals surface area contributed by atoms with Crippen molar-refractivity contribution in [1.82, 2.24) is 15.4 Å². The lowest BCUT2D eigenvalue weighted by Gasteiger charge is -2.04. The Kier molecular flexibility index (Phi) is 3.19. The second kappa shape index (κ2) is 5.02. The number of aromatic amines is 1. The third kappa shape index (κ3) is 2.27. The number of halogens is 2. The summed E-state index contributed by atoms with van der Waals surface area (Å²) < 4.78 is 19.3. The highest BCUT2D eigenvalue weighted by Crippen LogP contribution is 2.38. The Morgan fingerprint density at radius 3 is 2.81 bits per heavy atom. The highest BCUT2D eigenvalue weighted by Gasteiger charge is 2.22. The summed E-state index contributed by atoms with van der Waals surface area (Å²) in [4.78, 5) is 11.0. The van der Waals surface area contributed by atoms with Crippen LogP contribution in [0.25, 0.3) is 22.6 Å². The Labute approximate surface area is 122 Å². The van der Waals surface area contributed by atoms with E-state index in [1.54, 1.807) is 6.07 Å². The number of hydrogen-bond donors (Lipinski definition) is 2. The van der Waals surface area contributed by atoms with Gasteiger partial charge < -0.3 is 10.3 Å². The van der Waals surface area contributed by atoms with Crippen LogP contribution in [0.3, 0.4) is 0 Å². The summed E-state index contributed by atoms with van der Waals surface area (Å²) in [7, 11) is 0. The van der Waals surface area contributed by atoms with Gasteiger partial charge >= 0.3 is 0 Å². The number of anilines is 1. The third-order valence-corrected chi connectivity index (χ3v) is 3.14. The lowest BCUT2D eigenvalue weighted by molar-refractivity contribution is 0.434. The van der Waals surface area contributed by atoms with Crippen LogP contribution in [0, 0.1) is 5.82 Å². The average Bonchev–Trinajstić information content (AvgIpc) is 2.85. The van der Waals surface area contributed by atoms with Crippen molar-refractivity contribution >= 4 is 17.4 Å². The SMILES string of the molecule is Nc1noc(-c2ccc(=O)[nH]n2)c1-c1cccc(Cl)c1F. The molecule has 0 amide bonds. The van der Waals surface area contributed by atoms with Gasteiger partial charge in [0.05, 0.1) is 10.6 Å². The van der Waals surface area contributed by atoms with Crippen LogP contribution in [0.1, 0.15) is 0 Å². The first kappa shape index (κ1) is 13.3. The summed E-state index contributed by atoms with van der Waals surface area (Å²) in [6, 6.07) is 7.18. The smallest absolute Gasteiger partial charge is 0.264 e. The van der Waals surface area contributed by atoms with Crippen LogP contribution in [0.5, 0.6) is 0 Å². The first-order chi connectivity index (χ1) is 10.1. The summed E-state index contributed by atoms with van der Waals surface area (Å²) in [6.07, 6.45) is 0. The van der Waals surface area contributed by atoms with Gasteiger partial charge in [-0.1, -0.05) is 28.9 Å². The standard InChI is InChI=1S/C13H8ClFN4O2/c14-7-3-1-2-6(11(7)15)10-12(21-19-13(10)16)8-4-5-9(20)18-17-8/h1-5H,(H2,16,19)(H,18,20). The van der Waals surface area contributed by atoms with Crippen molar-refractivity contribution in [2.45, 2.75) is 0 Å². The number of aromatic nitrogens is 3. The minimum Gasteiger partial charge on any atom is -0.380 e. The van der Waals surface area contributed by atoms with Crippen LogP contribution in [-0.4, -0.2) is 15.4 Å². The number of nitrogen functional groups attached to an aromatic ring is 1. The van der Waals surface area contributed by atoms with Gasteiger partial charge in [0.2, 0.25) is 0 Å². The number of nitrogens with zero attached hydrogens (tertiary/aromatic N) is 2. The highest BCUT2D eigenvalue weighted by molar-refractivity contribution is 6.31. The van der Waals surface area contributed by atoms with Crippen molar-refractivity contribution < 1.29 is 8.91 Å². The zero-order valence-electron chi connectivity index (χ0n) is 10.4. The molecule has 0 unspecified atom stereocenters. The molecule has 6 nitrogen and oxygen atoms in total. The zero-order valence-corrected chi connectivity index (χ0v) is 11.2. The number of nitrogens with two attached hydrogens (primary N) is 1. The number of benzene rings is 1. The maximum atomic E-state index is 14.2. The van der Waals surface area contributed by atoms with E-state index in [1.165, 1.54) is 24.3 Å². The fourth-order valence-corrected chi connectivity index (χ4v) is 2.08. The molecule has 3 N–H and O–H groups in total. The number of nitrogens with one attached hydrogen (secondary N) is 1. The summed E-state index contributed by atoms with van der Waals surface area (Å²) in [5, 5.41) is 9.65. The Balaban J connectivity index is 2.24. The number of hydrogen-bond acceptors (Lipinski definition) is 5. The Morgan fingerprint density at radius 1 is 1.29 bits per heavy atom. The van der Waals surface area contributed by atoms with Crippen molar-refractivity contribution in [1.29, 1.82) is 0 Å². The van der Waals surface area contributed by atoms with Crippen LogP contribution in [0.15, 0.2) is 39.6 Å². The van der Waals surface area contributed by atoms with E-state index in [-0.39, 0.29) is 39.0 Å². The molecule has 0 bridgehead atoms. The average molecular weight is 307 g/mol. The molecule has 3 aromatic rings. The van der Waals surface area contributed by atoms with Crippen LogP contribution in [0.2, 0.25) is 5.02 Å². The molecule has 0 fully saturated rings. The predicted molar refractivity (Wildman–Crippen MR) is 75.2 cm³/mol. The van der Waals surface area contributed by atoms with E-state index >= 15 is 0 Å². The van der Waals surface area contributed by atoms with Gasteiger partial charge in [-0.15, -0.1) is 0 Å². The van der Waals surface area contributed by atoms with Crippen LogP contribution < -0.4 is 11.3 Å². The molecule has 8 heteroatoms. The normalized spacial score (nSPS) is 10.8. The Morgan fingerprint density at radius 2 is 2.10 bits per heavy atom. The molecule has 0 saturated carbocycles. The summed E-state index contributed by atoms with van der Waals surface area (Å²) in [6.45, 7) is 0. The minimum absolute atomic E-state index is 0.000772. The topological polar surface area (TPSA) is 97.8 Å². The molecule has 0 aliphatic rings. The van der Waals surface area contributed by atoms with Gasteiger partial charge in [-0.25, -0.2) is 9.49 Å². The van der Waals surface area contributed by atoms with Crippen molar-refractivity contribution in [2.24, 2.45) is 0 Å². The van der Waals surface area contributed by atoms with Gasteiger partial charge in [0, 0.05) is 11.6 Å². The van der Waals surface area contributed by atoms with Crippen molar-refractivity contribution in [3.8, 4) is 22.6 Å². The van der Waals surface area contributed by atoms with E-state index in [2.05, 4.69) is 15.4 Å². The molecular weight excluding hydrogens is 299 g/mol. The molecule has 0 spiro atoms. The maximum absolute atomic E-state index is 14.2. The second-order valence-electron chi connectivity index (χ2n) is 4.18. The Bertz CT molecular complexity index is 854. The molecule has 0 atom stereocenters. The van der Waals surface area contributed by atoms with Gasteiger partial charge in [0.25, 0.3) is 5.56 Å². The van der Waals surface area contributed by atoms with E-state index in [0.717, 1.165) is 0 Å². The summed E-state index contributed by atoms with van der Waals surface area (Å²) in [5.41, 5.74) is 6.02. The fourth-order valence-electron chi connectivity index (χ4n) is 1.91. The maximum Gasteiger partial charge on any atom is 0.264 e. The molecule has 2 aromatic heterocycles. The summed E-state index contributed by atoms with van der Waals surface area (Å²) >= 11 is 5.77. The monoisotopic (exact) mass is 306 g/mol. The summed E-state index contributed by atoms with van der Waals surface area (Å²) in [5.74, 6) is -0.496. The molecule has 21 heavy (non-hydrogen) atoms. The first-order valence-electron chi connectivity index (χ1n) is 5.83. The van der Waals surface area contributed by atoms with Crippen molar-refractivity contribution in [3.05, 3.63) is 51.5 Å². The lowest BCUT2D eigenvalue weighted by Crippen LogP contribution is -2.05. The van der Waals surface area contributed by atoms with Gasteiger partial charge in [0.15, 0.2) is 11.6 Å². The van der Waals surface area contributed by atoms with E-state index < -0.39 is 5.82 Å². The quantitative estimate of drug-likeness (QED) is 0.758. The third-order valence-electron chi connectivity index (χ3n) is 2.85. The molecular formula is C13H8ClFN4O2. The highest BCUT2D eigenvalue weighted by atomic mass is 35.5. The molecule has 0 saturated heterocycles. The molecule has 0 aliphatic heterocycles. The minimum atomic E-state index is -0.639. The number of rotatable bonds is 2. The lowest BCUT2D eigenvalue weighted by atomic mass is 10.0. The zero-order chi connectivity index (χ0) is 15.0. The van der Waals surface area contributed by atoms with Crippen LogP contribution in [-0.2, 0) is 0 Å².